The van der Waals surface area contributed by atoms with Crippen molar-refractivity contribution in [3.05, 3.63) is 23.8 Å². The molecule has 2 aliphatic rings. The normalized spacial score (nSPS) is 18.4. The molecule has 158 valence electrons. The van der Waals surface area contributed by atoms with E-state index in [0.29, 0.717) is 25.7 Å². The molecule has 0 unspecified atom stereocenters. The fraction of sp³-hybridized carbons (Fsp3) is 0.632. The number of hydrogen-bond donors (Lipinski definition) is 2. The van der Waals surface area contributed by atoms with Crippen LogP contribution in [0.15, 0.2) is 23.2 Å². The lowest BCUT2D eigenvalue weighted by Gasteiger charge is -2.32. The van der Waals surface area contributed by atoms with E-state index in [1.54, 1.807) is 7.05 Å². The molecule has 1 aromatic carbocycles. The lowest BCUT2D eigenvalue weighted by atomic mass is 9.78. The summed E-state index contributed by atoms with van der Waals surface area (Å²) in [5, 5.41) is 5.96. The third kappa shape index (κ3) is 5.81. The number of nitrogens with zero attached hydrogens (tertiary/aromatic N) is 1. The molecule has 3 rings (SSSR count). The van der Waals surface area contributed by atoms with Gasteiger partial charge >= 0.3 is 6.18 Å². The summed E-state index contributed by atoms with van der Waals surface area (Å²) in [6.07, 6.45) is -0.796. The number of benzene rings is 1. The van der Waals surface area contributed by atoms with Crippen molar-refractivity contribution in [2.24, 2.45) is 4.99 Å². The van der Waals surface area contributed by atoms with E-state index in [-0.39, 0.29) is 35.9 Å². The summed E-state index contributed by atoms with van der Waals surface area (Å²) in [6, 6.07) is 6.06. The Morgan fingerprint density at radius 1 is 1.11 bits per heavy atom. The smallest absolute Gasteiger partial charge is 0.390 e. The Morgan fingerprint density at radius 3 is 2.43 bits per heavy atom. The molecule has 5 nitrogen and oxygen atoms in total. The van der Waals surface area contributed by atoms with Crippen molar-refractivity contribution < 1.29 is 22.6 Å². The van der Waals surface area contributed by atoms with Gasteiger partial charge in [-0.3, -0.25) is 4.99 Å². The van der Waals surface area contributed by atoms with Crippen LogP contribution in [0.5, 0.6) is 11.5 Å². The van der Waals surface area contributed by atoms with Gasteiger partial charge in [-0.2, -0.15) is 13.2 Å². The zero-order valence-electron chi connectivity index (χ0n) is 15.9. The summed E-state index contributed by atoms with van der Waals surface area (Å²) in [4.78, 5) is 4.05. The van der Waals surface area contributed by atoms with Crippen LogP contribution in [-0.4, -0.2) is 45.5 Å². The predicted octanol–water partition coefficient (Wildman–Crippen LogP) is 4.01. The van der Waals surface area contributed by atoms with Crippen molar-refractivity contribution in [2.45, 2.75) is 43.7 Å². The zero-order valence-corrected chi connectivity index (χ0v) is 18.2. The summed E-state index contributed by atoms with van der Waals surface area (Å²) in [7, 11) is 1.56. The molecule has 1 aromatic rings. The summed E-state index contributed by atoms with van der Waals surface area (Å²) in [5.74, 6) is 1.91. The molecule has 0 bridgehead atoms. The molecule has 0 atom stereocenters. The molecule has 0 radical (unpaired) electrons. The van der Waals surface area contributed by atoms with Crippen LogP contribution in [0.25, 0.3) is 0 Å². The second kappa shape index (κ2) is 9.89. The highest BCUT2D eigenvalue weighted by atomic mass is 127. The van der Waals surface area contributed by atoms with Gasteiger partial charge in [-0.05, 0) is 30.5 Å². The number of guanidine groups is 1. The van der Waals surface area contributed by atoms with Gasteiger partial charge in [-0.1, -0.05) is 18.9 Å². The van der Waals surface area contributed by atoms with E-state index >= 15 is 0 Å². The number of alkyl halides is 3. The molecule has 28 heavy (non-hydrogen) atoms. The van der Waals surface area contributed by atoms with E-state index in [9.17, 15) is 13.2 Å². The standard InChI is InChI=1S/C19H26F3N3O2.HI/c1-23-17(24-9-8-19(20,21)22)25-13-18(6-2-3-7-18)14-4-5-15-16(12-14)27-11-10-26-15;/h4-5,12H,2-3,6-11,13H2,1H3,(H2,23,24,25);1H. The number of halogens is 4. The van der Waals surface area contributed by atoms with Crippen LogP contribution in [0, 0.1) is 0 Å². The monoisotopic (exact) mass is 513 g/mol. The van der Waals surface area contributed by atoms with Crippen LogP contribution in [0.1, 0.15) is 37.7 Å². The lowest BCUT2D eigenvalue weighted by molar-refractivity contribution is -0.132. The van der Waals surface area contributed by atoms with Gasteiger partial charge < -0.3 is 20.1 Å². The van der Waals surface area contributed by atoms with Crippen molar-refractivity contribution in [3.8, 4) is 11.5 Å². The molecule has 0 amide bonds. The number of aliphatic imine (C=N–C) groups is 1. The van der Waals surface area contributed by atoms with Gasteiger partial charge in [-0.15, -0.1) is 24.0 Å². The Balaban J connectivity index is 0.00000280. The van der Waals surface area contributed by atoms with Gasteiger partial charge in [0.2, 0.25) is 0 Å². The molecule has 9 heteroatoms. The highest BCUT2D eigenvalue weighted by Gasteiger charge is 2.36. The SMILES string of the molecule is CN=C(NCCC(F)(F)F)NCC1(c2ccc3c(c2)OCCO3)CCCC1.I. The Bertz CT molecular complexity index is 677. The van der Waals surface area contributed by atoms with Crippen LogP contribution in [0.4, 0.5) is 13.2 Å². The molecule has 0 spiro atoms. The maximum Gasteiger partial charge on any atom is 0.390 e. The summed E-state index contributed by atoms with van der Waals surface area (Å²) in [6.45, 7) is 1.51. The Kier molecular flexibility index (Phi) is 8.08. The lowest BCUT2D eigenvalue weighted by Crippen LogP contribution is -2.45. The molecule has 2 N–H and O–H groups in total. The van der Waals surface area contributed by atoms with Crippen molar-refractivity contribution >= 4 is 29.9 Å². The predicted molar refractivity (Wildman–Crippen MR) is 113 cm³/mol. The molecular formula is C19H27F3IN3O2. The van der Waals surface area contributed by atoms with Crippen molar-refractivity contribution in [1.82, 2.24) is 10.6 Å². The van der Waals surface area contributed by atoms with E-state index < -0.39 is 12.6 Å². The number of rotatable bonds is 5. The van der Waals surface area contributed by atoms with Gasteiger partial charge in [0.05, 0.1) is 6.42 Å². The zero-order chi connectivity index (χ0) is 19.3. The third-order valence-corrected chi connectivity index (χ3v) is 5.23. The molecular weight excluding hydrogens is 486 g/mol. The van der Waals surface area contributed by atoms with Gasteiger partial charge in [0.1, 0.15) is 13.2 Å². The quantitative estimate of drug-likeness (QED) is 0.355. The minimum atomic E-state index is -4.18. The number of nitrogens with one attached hydrogen (secondary N) is 2. The first-order valence-corrected chi connectivity index (χ1v) is 9.33. The van der Waals surface area contributed by atoms with Gasteiger partial charge in [0.25, 0.3) is 0 Å². The van der Waals surface area contributed by atoms with Crippen LogP contribution in [0.3, 0.4) is 0 Å². The summed E-state index contributed by atoms with van der Waals surface area (Å²) >= 11 is 0. The van der Waals surface area contributed by atoms with Crippen molar-refractivity contribution in [3.63, 3.8) is 0 Å². The second-order valence-corrected chi connectivity index (χ2v) is 7.06. The molecule has 1 heterocycles. The van der Waals surface area contributed by atoms with Crippen LogP contribution in [0.2, 0.25) is 0 Å². The summed E-state index contributed by atoms with van der Waals surface area (Å²) < 4.78 is 48.3. The number of hydrogen-bond acceptors (Lipinski definition) is 3. The van der Waals surface area contributed by atoms with Crippen LogP contribution < -0.4 is 20.1 Å². The molecule has 1 aliphatic carbocycles. The molecule has 0 saturated heterocycles. The first-order chi connectivity index (χ1) is 12.9. The van der Waals surface area contributed by atoms with Gasteiger partial charge in [0, 0.05) is 25.6 Å². The Hall–Kier alpha value is -1.39. The topological polar surface area (TPSA) is 54.9 Å². The van der Waals surface area contributed by atoms with Crippen molar-refractivity contribution in [2.75, 3.05) is 33.4 Å². The first kappa shape index (κ1) is 22.9. The average Bonchev–Trinajstić information content (AvgIpc) is 3.13. The number of ether oxygens (including phenoxy) is 2. The van der Waals surface area contributed by atoms with E-state index in [2.05, 4.69) is 21.7 Å². The minimum Gasteiger partial charge on any atom is -0.486 e. The Labute approximate surface area is 180 Å². The van der Waals surface area contributed by atoms with E-state index in [1.165, 1.54) is 5.56 Å². The van der Waals surface area contributed by atoms with Crippen molar-refractivity contribution in [1.29, 1.82) is 0 Å². The number of fused-ring (bicyclic) bond motifs is 1. The largest absolute Gasteiger partial charge is 0.486 e. The van der Waals surface area contributed by atoms with Gasteiger partial charge in [-0.25, -0.2) is 0 Å². The molecule has 1 aliphatic heterocycles. The van der Waals surface area contributed by atoms with E-state index in [0.717, 1.165) is 37.2 Å². The molecule has 1 saturated carbocycles. The maximum atomic E-state index is 12.3. The maximum absolute atomic E-state index is 12.3. The fourth-order valence-corrected chi connectivity index (χ4v) is 3.79. The highest BCUT2D eigenvalue weighted by Crippen LogP contribution is 2.43. The van der Waals surface area contributed by atoms with Crippen LogP contribution in [-0.2, 0) is 5.41 Å². The second-order valence-electron chi connectivity index (χ2n) is 7.06. The highest BCUT2D eigenvalue weighted by molar-refractivity contribution is 14.0. The first-order valence-electron chi connectivity index (χ1n) is 9.33. The molecule has 1 fully saturated rings. The Morgan fingerprint density at radius 2 is 1.79 bits per heavy atom. The molecule has 0 aromatic heterocycles. The van der Waals surface area contributed by atoms with Gasteiger partial charge in [0.15, 0.2) is 17.5 Å². The third-order valence-electron chi connectivity index (χ3n) is 5.23. The van der Waals surface area contributed by atoms with Crippen LogP contribution >= 0.6 is 24.0 Å². The van der Waals surface area contributed by atoms with E-state index in [1.807, 2.05) is 12.1 Å². The van der Waals surface area contributed by atoms with E-state index in [4.69, 9.17) is 9.47 Å². The fourth-order valence-electron chi connectivity index (χ4n) is 3.79. The average molecular weight is 513 g/mol. The summed E-state index contributed by atoms with van der Waals surface area (Å²) in [5.41, 5.74) is 1.08. The minimum absolute atomic E-state index is 0.